The van der Waals surface area contributed by atoms with Crippen LogP contribution in [0.3, 0.4) is 0 Å². The van der Waals surface area contributed by atoms with E-state index in [0.29, 0.717) is 5.69 Å². The number of phenols is 1. The molecule has 2 aromatic carbocycles. The van der Waals surface area contributed by atoms with Gasteiger partial charge in [-0.2, -0.15) is 18.3 Å². The summed E-state index contributed by atoms with van der Waals surface area (Å²) >= 11 is 0. The number of aromatic hydroxyl groups is 1. The minimum absolute atomic E-state index is 0.0807. The van der Waals surface area contributed by atoms with E-state index in [4.69, 9.17) is 0 Å². The molecule has 4 rings (SSSR count). The summed E-state index contributed by atoms with van der Waals surface area (Å²) in [5.41, 5.74) is -0.0229. The molecule has 7 nitrogen and oxygen atoms in total. The molecule has 0 radical (unpaired) electrons. The molecule has 2 heterocycles. The minimum Gasteiger partial charge on any atom is -0.508 e. The molecule has 1 aliphatic rings. The summed E-state index contributed by atoms with van der Waals surface area (Å²) < 4.78 is 40.0. The first-order valence-electron chi connectivity index (χ1n) is 9.32. The monoisotopic (exact) mass is 430 g/mol. The van der Waals surface area contributed by atoms with E-state index >= 15 is 0 Å². The molecule has 0 spiro atoms. The van der Waals surface area contributed by atoms with Crippen LogP contribution in [-0.4, -0.2) is 33.2 Å². The van der Waals surface area contributed by atoms with Crippen molar-refractivity contribution in [1.82, 2.24) is 9.78 Å². The number of nitrogens with zero attached hydrogens (tertiary/aromatic N) is 3. The van der Waals surface area contributed by atoms with Gasteiger partial charge in [-0.3, -0.25) is 14.3 Å². The molecule has 1 aromatic heterocycles. The van der Waals surface area contributed by atoms with Crippen LogP contribution in [0, 0.1) is 0 Å². The zero-order valence-corrected chi connectivity index (χ0v) is 16.2. The normalized spacial score (nSPS) is 16.2. The quantitative estimate of drug-likeness (QED) is 0.656. The Hall–Kier alpha value is -3.82. The van der Waals surface area contributed by atoms with Gasteiger partial charge in [-0.15, -0.1) is 0 Å². The van der Waals surface area contributed by atoms with Gasteiger partial charge >= 0.3 is 6.18 Å². The van der Waals surface area contributed by atoms with Crippen molar-refractivity contribution in [3.63, 3.8) is 0 Å². The zero-order valence-electron chi connectivity index (χ0n) is 16.2. The summed E-state index contributed by atoms with van der Waals surface area (Å²) in [6, 6.07) is 9.76. The van der Waals surface area contributed by atoms with Crippen molar-refractivity contribution >= 4 is 23.2 Å². The Kier molecular flexibility index (Phi) is 4.92. The molecule has 1 atom stereocenters. The van der Waals surface area contributed by atoms with Crippen molar-refractivity contribution in [3.8, 4) is 5.75 Å². The topological polar surface area (TPSA) is 87.5 Å². The first kappa shape index (κ1) is 20.5. The van der Waals surface area contributed by atoms with Crippen molar-refractivity contribution in [3.05, 3.63) is 71.5 Å². The Balaban J connectivity index is 1.63. The molecule has 10 heteroatoms. The number of carbonyl (C=O) groups is 2. The number of rotatable bonds is 3. The fourth-order valence-corrected chi connectivity index (χ4v) is 3.45. The maximum absolute atomic E-state index is 13.2. The molecule has 31 heavy (non-hydrogen) atoms. The van der Waals surface area contributed by atoms with E-state index in [1.54, 1.807) is 6.92 Å². The number of anilines is 2. The second kappa shape index (κ2) is 7.46. The number of benzene rings is 2. The smallest absolute Gasteiger partial charge is 0.416 e. The molecule has 0 saturated heterocycles. The summed E-state index contributed by atoms with van der Waals surface area (Å²) in [4.78, 5) is 27.0. The number of aromatic nitrogens is 2. The predicted octanol–water partition coefficient (Wildman–Crippen LogP) is 4.08. The summed E-state index contributed by atoms with van der Waals surface area (Å²) in [6.45, 7) is 2.01. The average Bonchev–Trinajstić information content (AvgIpc) is 3.14. The van der Waals surface area contributed by atoms with Crippen LogP contribution in [0.1, 0.15) is 39.4 Å². The van der Waals surface area contributed by atoms with Gasteiger partial charge in [0, 0.05) is 17.8 Å². The van der Waals surface area contributed by atoms with Gasteiger partial charge in [0.15, 0.2) is 5.69 Å². The van der Waals surface area contributed by atoms with Crippen molar-refractivity contribution in [2.45, 2.75) is 19.1 Å². The van der Waals surface area contributed by atoms with Gasteiger partial charge < -0.3 is 15.3 Å². The van der Waals surface area contributed by atoms with E-state index in [9.17, 15) is 27.9 Å². The lowest BCUT2D eigenvalue weighted by atomic mass is 10.1. The zero-order chi connectivity index (χ0) is 22.3. The van der Waals surface area contributed by atoms with Crippen LogP contribution in [0.2, 0.25) is 0 Å². The SMILES string of the molecule is C[C@H]1CN(c2ccc(C(F)(F)F)cc2)C(=O)c2c(NC(=O)c3cccc(O)c3)cnn21. The lowest BCUT2D eigenvalue weighted by Gasteiger charge is -2.32. The van der Waals surface area contributed by atoms with Crippen molar-refractivity contribution < 1.29 is 27.9 Å². The highest BCUT2D eigenvalue weighted by atomic mass is 19.4. The molecule has 2 N–H and O–H groups in total. The van der Waals surface area contributed by atoms with Crippen LogP contribution in [0.4, 0.5) is 24.5 Å². The van der Waals surface area contributed by atoms with Gasteiger partial charge in [0.1, 0.15) is 5.75 Å². The second-order valence-corrected chi connectivity index (χ2v) is 7.17. The third-order valence-corrected chi connectivity index (χ3v) is 4.97. The number of alkyl halides is 3. The first-order chi connectivity index (χ1) is 14.6. The Labute approximate surface area is 174 Å². The summed E-state index contributed by atoms with van der Waals surface area (Å²) in [6.07, 6.45) is -3.12. The third-order valence-electron chi connectivity index (χ3n) is 4.97. The second-order valence-electron chi connectivity index (χ2n) is 7.17. The number of halogens is 3. The van der Waals surface area contributed by atoms with Crippen LogP contribution < -0.4 is 10.2 Å². The van der Waals surface area contributed by atoms with Crippen molar-refractivity contribution in [2.24, 2.45) is 0 Å². The number of phenolic OH excluding ortho intramolecular Hbond substituents is 1. The number of amides is 2. The lowest BCUT2D eigenvalue weighted by Crippen LogP contribution is -2.43. The van der Waals surface area contributed by atoms with Gasteiger partial charge in [-0.1, -0.05) is 6.07 Å². The van der Waals surface area contributed by atoms with Crippen LogP contribution in [-0.2, 0) is 6.18 Å². The highest BCUT2D eigenvalue weighted by molar-refractivity contribution is 6.13. The van der Waals surface area contributed by atoms with Crippen LogP contribution in [0.5, 0.6) is 5.75 Å². The Morgan fingerprint density at radius 2 is 1.90 bits per heavy atom. The maximum Gasteiger partial charge on any atom is 0.416 e. The van der Waals surface area contributed by atoms with Gasteiger partial charge in [0.25, 0.3) is 11.8 Å². The molecule has 1 aliphatic heterocycles. The molecule has 160 valence electrons. The molecule has 0 saturated carbocycles. The molecule has 2 amide bonds. The van der Waals surface area contributed by atoms with Gasteiger partial charge in [0.2, 0.25) is 0 Å². The number of carbonyl (C=O) groups excluding carboxylic acids is 2. The Bertz CT molecular complexity index is 1160. The summed E-state index contributed by atoms with van der Waals surface area (Å²) in [5.74, 6) is -1.12. The van der Waals surface area contributed by atoms with Gasteiger partial charge in [0.05, 0.1) is 23.5 Å². The fourth-order valence-electron chi connectivity index (χ4n) is 3.45. The number of hydrogen-bond acceptors (Lipinski definition) is 4. The average molecular weight is 430 g/mol. The van der Waals surface area contributed by atoms with E-state index in [1.807, 2.05) is 0 Å². The Morgan fingerprint density at radius 3 is 2.55 bits per heavy atom. The predicted molar refractivity (Wildman–Crippen MR) is 106 cm³/mol. The van der Waals surface area contributed by atoms with Crippen molar-refractivity contribution in [2.75, 3.05) is 16.8 Å². The van der Waals surface area contributed by atoms with Crippen LogP contribution in [0.15, 0.2) is 54.7 Å². The number of fused-ring (bicyclic) bond motifs is 1. The molecule has 3 aromatic rings. The van der Waals surface area contributed by atoms with E-state index in [-0.39, 0.29) is 35.3 Å². The molecular weight excluding hydrogens is 413 g/mol. The minimum atomic E-state index is -4.47. The van der Waals surface area contributed by atoms with E-state index in [2.05, 4.69) is 10.4 Å². The van der Waals surface area contributed by atoms with E-state index in [1.165, 1.54) is 52.2 Å². The van der Waals surface area contributed by atoms with Crippen molar-refractivity contribution in [1.29, 1.82) is 0 Å². The molecule has 0 fully saturated rings. The largest absolute Gasteiger partial charge is 0.508 e. The molecule has 0 aliphatic carbocycles. The van der Waals surface area contributed by atoms with Gasteiger partial charge in [-0.25, -0.2) is 0 Å². The lowest BCUT2D eigenvalue weighted by molar-refractivity contribution is -0.137. The highest BCUT2D eigenvalue weighted by Gasteiger charge is 2.35. The maximum atomic E-state index is 13.2. The summed E-state index contributed by atoms with van der Waals surface area (Å²) in [5, 5.41) is 16.4. The third kappa shape index (κ3) is 3.83. The van der Waals surface area contributed by atoms with Crippen LogP contribution >= 0.6 is 0 Å². The molecular formula is C21H17F3N4O3. The first-order valence-corrected chi connectivity index (χ1v) is 9.32. The molecule has 0 bridgehead atoms. The standard InChI is InChI=1S/C21H17F3N4O3/c1-12-11-27(15-7-5-14(6-8-15)21(22,23)24)20(31)18-17(10-25-28(12)18)26-19(30)13-3-2-4-16(29)9-13/h2-10,12,29H,11H2,1H3,(H,26,30)/t12-/m0/s1. The van der Waals surface area contributed by atoms with Gasteiger partial charge in [-0.05, 0) is 49.4 Å². The van der Waals surface area contributed by atoms with Crippen LogP contribution in [0.25, 0.3) is 0 Å². The van der Waals surface area contributed by atoms with E-state index in [0.717, 1.165) is 12.1 Å². The number of hydrogen-bond donors (Lipinski definition) is 2. The highest BCUT2D eigenvalue weighted by Crippen LogP contribution is 2.33. The number of nitrogens with one attached hydrogen (secondary N) is 1. The Morgan fingerprint density at radius 1 is 1.19 bits per heavy atom. The van der Waals surface area contributed by atoms with E-state index < -0.39 is 23.6 Å². The fraction of sp³-hybridized carbons (Fsp3) is 0.190. The summed E-state index contributed by atoms with van der Waals surface area (Å²) in [7, 11) is 0. The molecule has 0 unspecified atom stereocenters.